The van der Waals surface area contributed by atoms with Gasteiger partial charge in [-0.25, -0.2) is 0 Å². The van der Waals surface area contributed by atoms with E-state index in [-0.39, 0.29) is 11.8 Å². The summed E-state index contributed by atoms with van der Waals surface area (Å²) in [7, 11) is 0. The molecule has 0 aromatic heterocycles. The van der Waals surface area contributed by atoms with E-state index in [0.717, 1.165) is 30.6 Å². The number of rotatable bonds is 2. The Labute approximate surface area is 159 Å². The van der Waals surface area contributed by atoms with Gasteiger partial charge in [-0.15, -0.1) is 0 Å². The molecule has 2 aliphatic rings. The fourth-order valence-electron chi connectivity index (χ4n) is 4.49. The number of nitrogens with zero attached hydrogens (tertiary/aromatic N) is 1. The van der Waals surface area contributed by atoms with Gasteiger partial charge < -0.3 is 4.90 Å². The van der Waals surface area contributed by atoms with Crippen LogP contribution in [0, 0.1) is 0 Å². The monoisotopic (exact) mass is 351 g/mol. The average molecular weight is 351 g/mol. The molecule has 1 heterocycles. The van der Waals surface area contributed by atoms with Crippen molar-refractivity contribution in [2.45, 2.75) is 18.8 Å². The molecule has 132 valence electrons. The fraction of sp³-hybridized carbons (Fsp3) is 0.160. The largest absolute Gasteiger partial charge is 0.307 e. The molecule has 2 heteroatoms. The van der Waals surface area contributed by atoms with Crippen molar-refractivity contribution in [1.29, 1.82) is 0 Å². The normalized spacial score (nSPS) is 18.2. The van der Waals surface area contributed by atoms with Crippen molar-refractivity contribution in [2.24, 2.45) is 0 Å². The Kier molecular flexibility index (Phi) is 3.90. The molecule has 0 saturated heterocycles. The maximum Gasteiger partial charge on any atom is 0.258 e. The van der Waals surface area contributed by atoms with E-state index < -0.39 is 0 Å². The van der Waals surface area contributed by atoms with Gasteiger partial charge in [-0.3, -0.25) is 4.79 Å². The molecule has 0 spiro atoms. The van der Waals surface area contributed by atoms with Crippen LogP contribution in [-0.2, 0) is 6.42 Å². The van der Waals surface area contributed by atoms with E-state index in [4.69, 9.17) is 0 Å². The number of carbonyl (C=O) groups excluding carboxylic acids is 1. The van der Waals surface area contributed by atoms with Crippen molar-refractivity contribution in [3.8, 4) is 0 Å². The molecule has 1 aliphatic heterocycles. The van der Waals surface area contributed by atoms with Crippen molar-refractivity contribution in [1.82, 2.24) is 4.90 Å². The molecule has 1 atom stereocenters. The summed E-state index contributed by atoms with van der Waals surface area (Å²) in [5, 5.41) is 0. The smallest absolute Gasteiger partial charge is 0.258 e. The number of carbonyl (C=O) groups is 1. The number of benzene rings is 3. The molecule has 27 heavy (non-hydrogen) atoms. The summed E-state index contributed by atoms with van der Waals surface area (Å²) in [4.78, 5) is 15.4. The van der Waals surface area contributed by atoms with Crippen LogP contribution in [0.5, 0.6) is 0 Å². The molecular formula is C25H21NO. The summed E-state index contributed by atoms with van der Waals surface area (Å²) in [5.74, 6) is 0.375. The fourth-order valence-corrected chi connectivity index (χ4v) is 4.49. The summed E-state index contributed by atoms with van der Waals surface area (Å²) in [6.07, 6.45) is 2.07. The summed E-state index contributed by atoms with van der Waals surface area (Å²) in [6.45, 7) is 0.719. The molecule has 1 unspecified atom stereocenters. The summed E-state index contributed by atoms with van der Waals surface area (Å²) in [6, 6.07) is 28.8. The molecule has 3 aromatic rings. The predicted molar refractivity (Wildman–Crippen MR) is 108 cm³/mol. The van der Waals surface area contributed by atoms with Crippen LogP contribution in [0.3, 0.4) is 0 Å². The van der Waals surface area contributed by atoms with Crippen molar-refractivity contribution >= 4 is 11.6 Å². The third-order valence-electron chi connectivity index (χ3n) is 5.76. The Morgan fingerprint density at radius 1 is 0.778 bits per heavy atom. The lowest BCUT2D eigenvalue weighted by Gasteiger charge is -2.25. The molecule has 0 N–H and O–H groups in total. The molecule has 0 bridgehead atoms. The zero-order chi connectivity index (χ0) is 18.2. The first kappa shape index (κ1) is 16.1. The van der Waals surface area contributed by atoms with Crippen LogP contribution in [0.15, 0.2) is 90.5 Å². The minimum Gasteiger partial charge on any atom is -0.307 e. The van der Waals surface area contributed by atoms with E-state index in [9.17, 15) is 4.79 Å². The maximum atomic E-state index is 13.4. The zero-order valence-electron chi connectivity index (χ0n) is 15.1. The van der Waals surface area contributed by atoms with Gasteiger partial charge >= 0.3 is 0 Å². The van der Waals surface area contributed by atoms with Crippen molar-refractivity contribution < 1.29 is 4.79 Å². The standard InChI is InChI=1S/C25H21NO/c27-25(20-12-5-2-6-13-20)26-17-23(18-9-3-1-4-10-18)22-16-15-19-11-7-8-14-21(19)24(22)26/h1-14,23H,15-17H2. The molecule has 0 saturated carbocycles. The van der Waals surface area contributed by atoms with E-state index in [2.05, 4.69) is 54.6 Å². The van der Waals surface area contributed by atoms with Crippen LogP contribution in [0.25, 0.3) is 5.70 Å². The van der Waals surface area contributed by atoms with Crippen LogP contribution in [0.1, 0.15) is 39.4 Å². The number of fused-ring (bicyclic) bond motifs is 2. The average Bonchev–Trinajstić information content (AvgIpc) is 3.15. The Morgan fingerprint density at radius 2 is 1.44 bits per heavy atom. The third kappa shape index (κ3) is 2.69. The molecule has 5 rings (SSSR count). The van der Waals surface area contributed by atoms with Gasteiger partial charge in [0.2, 0.25) is 0 Å². The minimum atomic E-state index is 0.0956. The molecule has 2 nitrogen and oxygen atoms in total. The third-order valence-corrected chi connectivity index (χ3v) is 5.76. The molecule has 1 amide bonds. The minimum absolute atomic E-state index is 0.0956. The van der Waals surface area contributed by atoms with Gasteiger partial charge in [-0.1, -0.05) is 72.8 Å². The van der Waals surface area contributed by atoms with E-state index in [1.165, 1.54) is 22.3 Å². The summed E-state index contributed by atoms with van der Waals surface area (Å²) in [5.41, 5.74) is 7.16. The highest BCUT2D eigenvalue weighted by Gasteiger charge is 2.38. The highest BCUT2D eigenvalue weighted by molar-refractivity contribution is 6.01. The number of amides is 1. The van der Waals surface area contributed by atoms with Crippen LogP contribution in [0.2, 0.25) is 0 Å². The first-order valence-corrected chi connectivity index (χ1v) is 9.56. The Hall–Kier alpha value is -3.13. The summed E-state index contributed by atoms with van der Waals surface area (Å²) >= 11 is 0. The second-order valence-electron chi connectivity index (χ2n) is 7.28. The SMILES string of the molecule is O=C(c1ccccc1)N1CC(c2ccccc2)C2=C1c1ccccc1CC2. The van der Waals surface area contributed by atoms with E-state index in [1.54, 1.807) is 0 Å². The highest BCUT2D eigenvalue weighted by atomic mass is 16.2. The van der Waals surface area contributed by atoms with Gasteiger partial charge in [0.05, 0.1) is 5.70 Å². The molecule has 3 aromatic carbocycles. The first-order chi connectivity index (χ1) is 13.3. The second-order valence-corrected chi connectivity index (χ2v) is 7.28. The van der Waals surface area contributed by atoms with Crippen LogP contribution >= 0.6 is 0 Å². The topological polar surface area (TPSA) is 20.3 Å². The van der Waals surface area contributed by atoms with Gasteiger partial charge in [0, 0.05) is 23.6 Å². The van der Waals surface area contributed by atoms with E-state index >= 15 is 0 Å². The van der Waals surface area contributed by atoms with Crippen molar-refractivity contribution in [2.75, 3.05) is 6.54 Å². The number of aryl methyl sites for hydroxylation is 1. The Balaban J connectivity index is 1.64. The van der Waals surface area contributed by atoms with Gasteiger partial charge in [0.1, 0.15) is 0 Å². The lowest BCUT2D eigenvalue weighted by Crippen LogP contribution is -2.29. The maximum absolute atomic E-state index is 13.4. The molecular weight excluding hydrogens is 330 g/mol. The van der Waals surface area contributed by atoms with Crippen LogP contribution in [-0.4, -0.2) is 17.4 Å². The van der Waals surface area contributed by atoms with Gasteiger partial charge in [-0.05, 0) is 41.7 Å². The lowest BCUT2D eigenvalue weighted by atomic mass is 9.83. The molecule has 0 radical (unpaired) electrons. The van der Waals surface area contributed by atoms with Crippen molar-refractivity contribution in [3.63, 3.8) is 0 Å². The van der Waals surface area contributed by atoms with Crippen molar-refractivity contribution in [3.05, 3.63) is 113 Å². The quantitative estimate of drug-likeness (QED) is 0.615. The Morgan fingerprint density at radius 3 is 2.22 bits per heavy atom. The van der Waals surface area contributed by atoms with E-state index in [1.807, 2.05) is 35.2 Å². The Bertz CT molecular complexity index is 1020. The number of hydrogen-bond acceptors (Lipinski definition) is 1. The predicted octanol–water partition coefficient (Wildman–Crippen LogP) is 5.28. The second kappa shape index (κ2) is 6.55. The van der Waals surface area contributed by atoms with Crippen LogP contribution < -0.4 is 0 Å². The molecule has 0 fully saturated rings. The molecule has 1 aliphatic carbocycles. The van der Waals surface area contributed by atoms with Gasteiger partial charge in [-0.2, -0.15) is 0 Å². The number of hydrogen-bond donors (Lipinski definition) is 0. The van der Waals surface area contributed by atoms with Gasteiger partial charge in [0.15, 0.2) is 0 Å². The van der Waals surface area contributed by atoms with Gasteiger partial charge in [0.25, 0.3) is 5.91 Å². The van der Waals surface area contributed by atoms with Crippen LogP contribution in [0.4, 0.5) is 0 Å². The van der Waals surface area contributed by atoms with E-state index in [0.29, 0.717) is 0 Å². The first-order valence-electron chi connectivity index (χ1n) is 9.56. The highest BCUT2D eigenvalue weighted by Crippen LogP contribution is 2.46. The zero-order valence-corrected chi connectivity index (χ0v) is 15.1. The lowest BCUT2D eigenvalue weighted by molar-refractivity contribution is 0.0841. The summed E-state index contributed by atoms with van der Waals surface area (Å²) < 4.78 is 0.